The highest BCUT2D eigenvalue weighted by Gasteiger charge is 2.37. The van der Waals surface area contributed by atoms with Crippen LogP contribution >= 0.6 is 15.9 Å². The Bertz CT molecular complexity index is 1610. The predicted molar refractivity (Wildman–Crippen MR) is 159 cm³/mol. The maximum atomic E-state index is 13.8. The van der Waals surface area contributed by atoms with Gasteiger partial charge in [0.15, 0.2) is 29.6 Å². The number of anilines is 2. The van der Waals surface area contributed by atoms with Crippen molar-refractivity contribution in [2.75, 3.05) is 37.7 Å². The third-order valence-corrected chi connectivity index (χ3v) is 6.62. The standard InChI is InChI=1S/C30H27BrFN3O8/c1-4-11-42-23-10-9-18(15-24(23)40-2)35-29(38)19(28(37)34-30(35)39)12-17-13-20(31)27(25(14-17)41-3)43-16-26(36)33-22-8-6-5-7-21(22)32/h5-10,12-15H,4,11,16H2,1-3H3,(H,33,36)(H,34,37,39)/b19-12-. The van der Waals surface area contributed by atoms with Gasteiger partial charge in [-0.15, -0.1) is 0 Å². The first-order valence-electron chi connectivity index (χ1n) is 12.9. The number of benzene rings is 3. The second-order valence-corrected chi connectivity index (χ2v) is 9.85. The van der Waals surface area contributed by atoms with E-state index in [4.69, 9.17) is 18.9 Å². The number of imide groups is 2. The van der Waals surface area contributed by atoms with Crippen LogP contribution in [0.25, 0.3) is 6.08 Å². The van der Waals surface area contributed by atoms with Gasteiger partial charge in [-0.1, -0.05) is 19.1 Å². The molecule has 3 aromatic carbocycles. The average molecular weight is 656 g/mol. The van der Waals surface area contributed by atoms with Crippen molar-refractivity contribution in [3.05, 3.63) is 76.0 Å². The summed E-state index contributed by atoms with van der Waals surface area (Å²) in [5, 5.41) is 4.59. The topological polar surface area (TPSA) is 132 Å². The van der Waals surface area contributed by atoms with Crippen LogP contribution in [-0.4, -0.2) is 51.2 Å². The lowest BCUT2D eigenvalue weighted by molar-refractivity contribution is -0.122. The Labute approximate surface area is 254 Å². The molecule has 0 aliphatic carbocycles. The average Bonchev–Trinajstić information content (AvgIpc) is 2.98. The van der Waals surface area contributed by atoms with E-state index in [9.17, 15) is 23.6 Å². The van der Waals surface area contributed by atoms with Crippen molar-refractivity contribution in [1.82, 2.24) is 5.32 Å². The first-order valence-corrected chi connectivity index (χ1v) is 13.7. The van der Waals surface area contributed by atoms with Gasteiger partial charge in [0.05, 0.1) is 36.7 Å². The number of halogens is 2. The number of urea groups is 1. The third-order valence-electron chi connectivity index (χ3n) is 6.03. The van der Waals surface area contributed by atoms with Crippen molar-refractivity contribution in [3.8, 4) is 23.0 Å². The van der Waals surface area contributed by atoms with Gasteiger partial charge in [-0.25, -0.2) is 14.1 Å². The van der Waals surface area contributed by atoms with Gasteiger partial charge in [-0.2, -0.15) is 0 Å². The van der Waals surface area contributed by atoms with Crippen LogP contribution in [0.5, 0.6) is 23.0 Å². The van der Waals surface area contributed by atoms with E-state index in [1.165, 1.54) is 62.8 Å². The molecule has 3 aromatic rings. The number of rotatable bonds is 11. The van der Waals surface area contributed by atoms with E-state index in [1.54, 1.807) is 12.1 Å². The van der Waals surface area contributed by atoms with Gasteiger partial charge in [0.25, 0.3) is 17.7 Å². The number of barbiturate groups is 1. The smallest absolute Gasteiger partial charge is 0.335 e. The van der Waals surface area contributed by atoms with Gasteiger partial charge in [0, 0.05) is 6.07 Å². The minimum atomic E-state index is -0.924. The van der Waals surface area contributed by atoms with Crippen LogP contribution in [0.3, 0.4) is 0 Å². The lowest BCUT2D eigenvalue weighted by Crippen LogP contribution is -2.54. The van der Waals surface area contributed by atoms with E-state index in [0.29, 0.717) is 28.1 Å². The van der Waals surface area contributed by atoms with Crippen molar-refractivity contribution in [2.45, 2.75) is 13.3 Å². The van der Waals surface area contributed by atoms with Gasteiger partial charge < -0.3 is 24.3 Å². The quantitative estimate of drug-likeness (QED) is 0.216. The fraction of sp³-hybridized carbons (Fsp3) is 0.200. The molecule has 0 bridgehead atoms. The Balaban J connectivity index is 1.57. The fourth-order valence-electron chi connectivity index (χ4n) is 4.04. The summed E-state index contributed by atoms with van der Waals surface area (Å²) in [6.45, 7) is 1.93. The lowest BCUT2D eigenvalue weighted by atomic mass is 10.1. The van der Waals surface area contributed by atoms with E-state index >= 15 is 0 Å². The summed E-state index contributed by atoms with van der Waals surface area (Å²) in [6.07, 6.45) is 2.06. The molecule has 0 spiro atoms. The normalized spacial score (nSPS) is 13.9. The summed E-state index contributed by atoms with van der Waals surface area (Å²) in [5.41, 5.74) is 0.196. The van der Waals surface area contributed by atoms with Crippen molar-refractivity contribution in [3.63, 3.8) is 0 Å². The molecule has 13 heteroatoms. The highest BCUT2D eigenvalue weighted by atomic mass is 79.9. The number of hydrogen-bond acceptors (Lipinski definition) is 8. The van der Waals surface area contributed by atoms with Gasteiger partial charge in [-0.3, -0.25) is 19.7 Å². The monoisotopic (exact) mass is 655 g/mol. The molecule has 0 radical (unpaired) electrons. The van der Waals surface area contributed by atoms with Gasteiger partial charge >= 0.3 is 6.03 Å². The van der Waals surface area contributed by atoms with Crippen molar-refractivity contribution in [1.29, 1.82) is 0 Å². The zero-order valence-corrected chi connectivity index (χ0v) is 24.9. The number of carbonyl (C=O) groups excluding carboxylic acids is 4. The Kier molecular flexibility index (Phi) is 9.99. The molecule has 1 fully saturated rings. The Morgan fingerprint density at radius 1 is 1.00 bits per heavy atom. The zero-order chi connectivity index (χ0) is 31.1. The summed E-state index contributed by atoms with van der Waals surface area (Å²) in [5.74, 6) is -1.88. The molecule has 2 N–H and O–H groups in total. The number of methoxy groups -OCH3 is 2. The number of nitrogens with zero attached hydrogens (tertiary/aromatic N) is 1. The molecule has 1 heterocycles. The maximum absolute atomic E-state index is 13.8. The Hall–Kier alpha value is -4.91. The van der Waals surface area contributed by atoms with E-state index in [0.717, 1.165) is 11.3 Å². The molecular formula is C30H27BrFN3O8. The molecule has 4 rings (SSSR count). The largest absolute Gasteiger partial charge is 0.493 e. The minimum absolute atomic E-state index is 0.00580. The van der Waals surface area contributed by atoms with Crippen LogP contribution in [-0.2, 0) is 14.4 Å². The molecule has 0 unspecified atom stereocenters. The minimum Gasteiger partial charge on any atom is -0.493 e. The summed E-state index contributed by atoms with van der Waals surface area (Å²) in [7, 11) is 2.80. The highest BCUT2D eigenvalue weighted by molar-refractivity contribution is 9.10. The van der Waals surface area contributed by atoms with Crippen molar-refractivity contribution >= 4 is 57.1 Å². The third kappa shape index (κ3) is 7.12. The lowest BCUT2D eigenvalue weighted by Gasteiger charge is -2.27. The number of ether oxygens (including phenoxy) is 4. The Morgan fingerprint density at radius 3 is 2.44 bits per heavy atom. The van der Waals surface area contributed by atoms with Crippen LogP contribution in [0.4, 0.5) is 20.6 Å². The molecule has 43 heavy (non-hydrogen) atoms. The van der Waals surface area contributed by atoms with Gasteiger partial charge in [-0.05, 0) is 70.4 Å². The molecule has 0 saturated carbocycles. The molecule has 224 valence electrons. The summed E-state index contributed by atoms with van der Waals surface area (Å²) in [6, 6.07) is 12.3. The number of nitrogens with one attached hydrogen (secondary N) is 2. The van der Waals surface area contributed by atoms with Crippen molar-refractivity contribution in [2.24, 2.45) is 0 Å². The van der Waals surface area contributed by atoms with E-state index in [2.05, 4.69) is 26.6 Å². The second kappa shape index (κ2) is 13.8. The molecule has 0 atom stereocenters. The second-order valence-electron chi connectivity index (χ2n) is 8.99. The molecule has 1 aliphatic heterocycles. The van der Waals surface area contributed by atoms with E-state index < -0.39 is 36.2 Å². The molecule has 1 aliphatic rings. The SMILES string of the molecule is CCCOc1ccc(N2C(=O)NC(=O)/C(=C/c3cc(Br)c(OCC(=O)Nc4ccccc4F)c(OC)c3)C2=O)cc1OC. The number of para-hydroxylation sites is 1. The van der Waals surface area contributed by atoms with Crippen LogP contribution in [0.2, 0.25) is 0 Å². The Morgan fingerprint density at radius 2 is 1.74 bits per heavy atom. The fourth-order valence-corrected chi connectivity index (χ4v) is 4.61. The molecule has 5 amide bonds. The van der Waals surface area contributed by atoms with Gasteiger partial charge in [0.2, 0.25) is 0 Å². The highest BCUT2D eigenvalue weighted by Crippen LogP contribution is 2.38. The number of amides is 5. The van der Waals surface area contributed by atoms with Crippen LogP contribution in [0.15, 0.2) is 64.6 Å². The van der Waals surface area contributed by atoms with Crippen molar-refractivity contribution < 1.29 is 42.5 Å². The van der Waals surface area contributed by atoms with Crippen LogP contribution in [0.1, 0.15) is 18.9 Å². The molecule has 0 aromatic heterocycles. The predicted octanol–water partition coefficient (Wildman–Crippen LogP) is 5.08. The summed E-state index contributed by atoms with van der Waals surface area (Å²) < 4.78 is 36.2. The van der Waals surface area contributed by atoms with Crippen LogP contribution in [0, 0.1) is 5.82 Å². The molecular weight excluding hydrogens is 629 g/mol. The number of hydrogen-bond donors (Lipinski definition) is 2. The van der Waals surface area contributed by atoms with Gasteiger partial charge in [0.1, 0.15) is 11.4 Å². The number of carbonyl (C=O) groups is 4. The first kappa shape index (κ1) is 31.0. The summed E-state index contributed by atoms with van der Waals surface area (Å²) in [4.78, 5) is 52.0. The maximum Gasteiger partial charge on any atom is 0.335 e. The first-order chi connectivity index (χ1) is 20.7. The van der Waals surface area contributed by atoms with E-state index in [-0.39, 0.29) is 28.4 Å². The molecule has 1 saturated heterocycles. The molecule has 11 nitrogen and oxygen atoms in total. The van der Waals surface area contributed by atoms with Crippen LogP contribution < -0.4 is 34.5 Å². The zero-order valence-electron chi connectivity index (χ0n) is 23.4. The van der Waals surface area contributed by atoms with E-state index in [1.807, 2.05) is 6.92 Å². The summed E-state index contributed by atoms with van der Waals surface area (Å²) >= 11 is 3.36.